The summed E-state index contributed by atoms with van der Waals surface area (Å²) in [6.45, 7) is 0. The summed E-state index contributed by atoms with van der Waals surface area (Å²) in [6.07, 6.45) is 0. The fourth-order valence-corrected chi connectivity index (χ4v) is 4.19. The number of hydrogen-bond acceptors (Lipinski definition) is 3. The van der Waals surface area contributed by atoms with Gasteiger partial charge in [0.2, 0.25) is 5.91 Å². The van der Waals surface area contributed by atoms with Gasteiger partial charge in [0, 0.05) is 12.6 Å². The molecule has 7 heteroatoms. The lowest BCUT2D eigenvalue weighted by atomic mass is 9.79. The van der Waals surface area contributed by atoms with Crippen molar-refractivity contribution in [2.75, 3.05) is 19.5 Å². The number of methoxy groups -OCH3 is 1. The number of anilines is 1. The van der Waals surface area contributed by atoms with Crippen LogP contribution in [0.3, 0.4) is 0 Å². The number of hydrogen-bond donors (Lipinski definition) is 1. The molecule has 2 amide bonds. The van der Waals surface area contributed by atoms with Crippen molar-refractivity contribution in [1.82, 2.24) is 4.90 Å². The first kappa shape index (κ1) is 20.9. The fraction of sp³-hybridized carbons (Fsp3) is 0.167. The molecule has 0 aliphatic carbocycles. The minimum atomic E-state index is -0.701. The molecular weight excluding hydrogens is 419 g/mol. The standard InChI is InChI=1S/C24H20ClFN2O3/c1-28-22(14-7-10-16(31-2)11-8-14)21(17-5-3-4-6-18(17)24(28)30)23(29)27-20-12-9-15(26)13-19(20)25/h3-13,21-22H,1-2H3,(H,27,29)/t21-,22-/m0/s1. The van der Waals surface area contributed by atoms with Gasteiger partial charge >= 0.3 is 0 Å². The molecule has 0 unspecified atom stereocenters. The number of nitrogens with one attached hydrogen (secondary N) is 1. The van der Waals surface area contributed by atoms with E-state index in [4.69, 9.17) is 16.3 Å². The number of halogens is 2. The van der Waals surface area contributed by atoms with Gasteiger partial charge in [0.15, 0.2) is 0 Å². The quantitative estimate of drug-likeness (QED) is 0.621. The highest BCUT2D eigenvalue weighted by atomic mass is 35.5. The van der Waals surface area contributed by atoms with Gasteiger partial charge in [-0.3, -0.25) is 9.59 Å². The lowest BCUT2D eigenvalue weighted by Crippen LogP contribution is -2.44. The molecule has 2 atom stereocenters. The molecule has 0 saturated heterocycles. The average Bonchev–Trinajstić information content (AvgIpc) is 2.78. The Kier molecular flexibility index (Phi) is 5.65. The van der Waals surface area contributed by atoms with E-state index in [0.29, 0.717) is 22.6 Å². The first-order valence-electron chi connectivity index (χ1n) is 9.66. The Bertz CT molecular complexity index is 1150. The van der Waals surface area contributed by atoms with Crippen LogP contribution in [0.15, 0.2) is 66.7 Å². The van der Waals surface area contributed by atoms with Crippen molar-refractivity contribution in [3.8, 4) is 5.75 Å². The lowest BCUT2D eigenvalue weighted by Gasteiger charge is -2.39. The smallest absolute Gasteiger partial charge is 0.254 e. The highest BCUT2D eigenvalue weighted by molar-refractivity contribution is 6.33. The summed E-state index contributed by atoms with van der Waals surface area (Å²) in [4.78, 5) is 28.1. The number of rotatable bonds is 4. The van der Waals surface area contributed by atoms with Crippen molar-refractivity contribution in [3.05, 3.63) is 94.3 Å². The molecule has 1 heterocycles. The van der Waals surface area contributed by atoms with Gasteiger partial charge in [0.05, 0.1) is 29.8 Å². The Morgan fingerprint density at radius 2 is 1.81 bits per heavy atom. The normalized spacial score (nSPS) is 17.8. The van der Waals surface area contributed by atoms with E-state index in [0.717, 1.165) is 11.6 Å². The lowest BCUT2D eigenvalue weighted by molar-refractivity contribution is -0.119. The van der Waals surface area contributed by atoms with Crippen LogP contribution in [0.4, 0.5) is 10.1 Å². The van der Waals surface area contributed by atoms with Crippen LogP contribution >= 0.6 is 11.6 Å². The molecule has 5 nitrogen and oxygen atoms in total. The number of ether oxygens (including phenoxy) is 1. The number of amides is 2. The summed E-state index contributed by atoms with van der Waals surface area (Å²) in [6, 6.07) is 17.6. The third-order valence-corrected chi connectivity index (χ3v) is 5.82. The molecule has 158 valence electrons. The molecule has 3 aromatic carbocycles. The summed E-state index contributed by atoms with van der Waals surface area (Å²) >= 11 is 6.12. The van der Waals surface area contributed by atoms with Crippen molar-refractivity contribution in [1.29, 1.82) is 0 Å². The van der Waals surface area contributed by atoms with E-state index in [-0.39, 0.29) is 16.8 Å². The van der Waals surface area contributed by atoms with E-state index >= 15 is 0 Å². The molecule has 31 heavy (non-hydrogen) atoms. The molecule has 1 aliphatic heterocycles. The van der Waals surface area contributed by atoms with Crippen LogP contribution in [0.1, 0.15) is 33.4 Å². The summed E-state index contributed by atoms with van der Waals surface area (Å²) in [5.74, 6) is -1.03. The monoisotopic (exact) mass is 438 g/mol. The molecule has 0 saturated carbocycles. The Hall–Kier alpha value is -3.38. The Balaban J connectivity index is 1.79. The largest absolute Gasteiger partial charge is 0.497 e. The Labute approximate surface area is 184 Å². The molecular formula is C24H20ClFN2O3. The third kappa shape index (κ3) is 3.86. The second-order valence-electron chi connectivity index (χ2n) is 7.31. The van der Waals surface area contributed by atoms with Crippen LogP contribution in [0.5, 0.6) is 5.75 Å². The predicted molar refractivity (Wildman–Crippen MR) is 117 cm³/mol. The second kappa shape index (κ2) is 8.40. The van der Waals surface area contributed by atoms with E-state index < -0.39 is 17.8 Å². The number of nitrogens with zero attached hydrogens (tertiary/aromatic N) is 1. The highest BCUT2D eigenvalue weighted by Gasteiger charge is 2.42. The van der Waals surface area contributed by atoms with Crippen molar-refractivity contribution < 1.29 is 18.7 Å². The van der Waals surface area contributed by atoms with Crippen LogP contribution in [0.25, 0.3) is 0 Å². The van der Waals surface area contributed by atoms with Crippen molar-refractivity contribution in [2.24, 2.45) is 0 Å². The van der Waals surface area contributed by atoms with Crippen LogP contribution in [-0.2, 0) is 4.79 Å². The number of carbonyl (C=O) groups is 2. The van der Waals surface area contributed by atoms with E-state index in [1.165, 1.54) is 12.1 Å². The van der Waals surface area contributed by atoms with Crippen LogP contribution in [-0.4, -0.2) is 30.9 Å². The zero-order valence-electron chi connectivity index (χ0n) is 16.9. The first-order valence-corrected chi connectivity index (χ1v) is 10.0. The van der Waals surface area contributed by atoms with Crippen molar-refractivity contribution in [2.45, 2.75) is 12.0 Å². The van der Waals surface area contributed by atoms with Crippen LogP contribution in [0.2, 0.25) is 5.02 Å². The molecule has 3 aromatic rings. The average molecular weight is 439 g/mol. The van der Waals surface area contributed by atoms with Gasteiger partial charge < -0.3 is 15.0 Å². The summed E-state index contributed by atoms with van der Waals surface area (Å²) in [5, 5.41) is 2.91. The van der Waals surface area contributed by atoms with E-state index in [9.17, 15) is 14.0 Å². The SMILES string of the molecule is COc1ccc([C@H]2[C@@H](C(=O)Nc3ccc(F)cc3Cl)c3ccccc3C(=O)N2C)cc1. The minimum absolute atomic E-state index is 0.0999. The van der Waals surface area contributed by atoms with Gasteiger partial charge in [-0.1, -0.05) is 41.9 Å². The topological polar surface area (TPSA) is 58.6 Å². The fourth-order valence-electron chi connectivity index (χ4n) is 3.98. The van der Waals surface area contributed by atoms with Crippen molar-refractivity contribution >= 4 is 29.1 Å². The molecule has 0 radical (unpaired) electrons. The molecule has 0 spiro atoms. The minimum Gasteiger partial charge on any atom is -0.497 e. The maximum Gasteiger partial charge on any atom is 0.254 e. The number of carbonyl (C=O) groups excluding carboxylic acids is 2. The zero-order valence-corrected chi connectivity index (χ0v) is 17.7. The van der Waals surface area contributed by atoms with Crippen molar-refractivity contribution in [3.63, 3.8) is 0 Å². The van der Waals surface area contributed by atoms with Gasteiger partial charge in [-0.2, -0.15) is 0 Å². The molecule has 4 rings (SSSR count). The Morgan fingerprint density at radius 1 is 1.10 bits per heavy atom. The summed E-state index contributed by atoms with van der Waals surface area (Å²) in [7, 11) is 3.25. The second-order valence-corrected chi connectivity index (χ2v) is 7.72. The van der Waals surface area contributed by atoms with Gasteiger partial charge in [0.1, 0.15) is 11.6 Å². The van der Waals surface area contributed by atoms with E-state index in [1.807, 2.05) is 12.1 Å². The first-order chi connectivity index (χ1) is 14.9. The van der Waals surface area contributed by atoms with E-state index in [1.54, 1.807) is 55.5 Å². The molecule has 0 aromatic heterocycles. The molecule has 1 N–H and O–H groups in total. The molecule has 0 fully saturated rings. The van der Waals surface area contributed by atoms with Gasteiger partial charge in [-0.15, -0.1) is 0 Å². The maximum atomic E-state index is 13.5. The number of likely N-dealkylation sites (N-methyl/N-ethyl adjacent to an activating group) is 1. The summed E-state index contributed by atoms with van der Waals surface area (Å²) in [5.41, 5.74) is 2.19. The number of fused-ring (bicyclic) bond motifs is 1. The highest BCUT2D eigenvalue weighted by Crippen LogP contribution is 2.43. The van der Waals surface area contributed by atoms with E-state index in [2.05, 4.69) is 5.32 Å². The van der Waals surface area contributed by atoms with Gasteiger partial charge in [0.25, 0.3) is 5.91 Å². The summed E-state index contributed by atoms with van der Waals surface area (Å²) < 4.78 is 18.7. The predicted octanol–water partition coefficient (Wildman–Crippen LogP) is 5.04. The Morgan fingerprint density at radius 3 is 2.48 bits per heavy atom. The van der Waals surface area contributed by atoms with Crippen LogP contribution in [0, 0.1) is 5.82 Å². The van der Waals surface area contributed by atoms with Crippen LogP contribution < -0.4 is 10.1 Å². The number of benzene rings is 3. The van der Waals surface area contributed by atoms with Gasteiger partial charge in [-0.05, 0) is 47.5 Å². The maximum absolute atomic E-state index is 13.5. The molecule has 0 bridgehead atoms. The zero-order chi connectivity index (χ0) is 22.1. The van der Waals surface area contributed by atoms with Gasteiger partial charge in [-0.25, -0.2) is 4.39 Å². The molecule has 1 aliphatic rings. The third-order valence-electron chi connectivity index (χ3n) is 5.51.